The van der Waals surface area contributed by atoms with Crippen LogP contribution in [0.4, 0.5) is 0 Å². The average Bonchev–Trinajstić information content (AvgIpc) is 2.29. The van der Waals surface area contributed by atoms with Gasteiger partial charge in [-0.25, -0.2) is 0 Å². The van der Waals surface area contributed by atoms with Crippen molar-refractivity contribution in [2.45, 2.75) is 45.2 Å². The highest BCUT2D eigenvalue weighted by atomic mass is 15.1. The van der Waals surface area contributed by atoms with Gasteiger partial charge in [-0.1, -0.05) is 45.0 Å². The van der Waals surface area contributed by atoms with E-state index in [-0.39, 0.29) is 5.41 Å². The van der Waals surface area contributed by atoms with E-state index in [4.69, 9.17) is 0 Å². The van der Waals surface area contributed by atoms with E-state index in [9.17, 15) is 0 Å². The number of piperazine rings is 1. The van der Waals surface area contributed by atoms with Crippen molar-refractivity contribution >= 4 is 0 Å². The van der Waals surface area contributed by atoms with Gasteiger partial charge in [0.2, 0.25) is 0 Å². The van der Waals surface area contributed by atoms with Crippen molar-refractivity contribution in [3.8, 4) is 0 Å². The Balaban J connectivity index is 2.17. The molecule has 0 bridgehead atoms. The van der Waals surface area contributed by atoms with E-state index >= 15 is 0 Å². The Kier molecular flexibility index (Phi) is 3.55. The number of benzene rings is 1. The van der Waals surface area contributed by atoms with Crippen molar-refractivity contribution in [1.29, 1.82) is 0 Å². The molecule has 1 aromatic rings. The van der Waals surface area contributed by atoms with Crippen molar-refractivity contribution in [2.75, 3.05) is 13.1 Å². The van der Waals surface area contributed by atoms with Crippen LogP contribution in [0.3, 0.4) is 0 Å². The fourth-order valence-electron chi connectivity index (χ4n) is 2.42. The molecule has 0 amide bonds. The van der Waals surface area contributed by atoms with Crippen LogP contribution in [0.25, 0.3) is 0 Å². The second-order valence-electron chi connectivity index (χ2n) is 6.05. The van der Waals surface area contributed by atoms with Gasteiger partial charge in [0.25, 0.3) is 0 Å². The fraction of sp³-hybridized carbons (Fsp3) is 0.600. The van der Waals surface area contributed by atoms with E-state index in [2.05, 4.69) is 62.6 Å². The molecule has 2 unspecified atom stereocenters. The molecule has 1 aliphatic heterocycles. The van der Waals surface area contributed by atoms with E-state index in [1.165, 1.54) is 11.1 Å². The van der Waals surface area contributed by atoms with Gasteiger partial charge in [-0.05, 0) is 23.5 Å². The predicted octanol–water partition coefficient (Wildman–Crippen LogP) is 2.61. The first kappa shape index (κ1) is 12.6. The lowest BCUT2D eigenvalue weighted by atomic mass is 9.85. The van der Waals surface area contributed by atoms with Crippen LogP contribution in [0.1, 0.15) is 44.9 Å². The molecule has 2 heteroatoms. The summed E-state index contributed by atoms with van der Waals surface area (Å²) in [6.45, 7) is 11.1. The normalized spacial score (nSPS) is 25.9. The van der Waals surface area contributed by atoms with Gasteiger partial charge in [0.1, 0.15) is 0 Å². The lowest BCUT2D eigenvalue weighted by Gasteiger charge is -2.32. The molecule has 1 fully saturated rings. The van der Waals surface area contributed by atoms with Gasteiger partial charge in [-0.3, -0.25) is 0 Å². The Hall–Kier alpha value is -0.860. The highest BCUT2D eigenvalue weighted by Gasteiger charge is 2.22. The summed E-state index contributed by atoms with van der Waals surface area (Å²) in [5.74, 6) is 0. The molecule has 2 rings (SSSR count). The molecule has 94 valence electrons. The zero-order chi connectivity index (χ0) is 12.5. The molecule has 2 nitrogen and oxygen atoms in total. The molecule has 1 aromatic carbocycles. The van der Waals surface area contributed by atoms with Crippen LogP contribution in [-0.2, 0) is 5.41 Å². The standard InChI is InChI=1S/C15H24N2/c1-11-14(17-10-9-16-11)12-5-7-13(8-6-12)15(2,3)4/h5-8,11,14,16-17H,9-10H2,1-4H3. The number of hydrogen-bond donors (Lipinski definition) is 2. The van der Waals surface area contributed by atoms with Crippen LogP contribution >= 0.6 is 0 Å². The lowest BCUT2D eigenvalue weighted by molar-refractivity contribution is 0.345. The van der Waals surface area contributed by atoms with Crippen molar-refractivity contribution in [1.82, 2.24) is 10.6 Å². The Morgan fingerprint density at radius 3 is 2.12 bits per heavy atom. The summed E-state index contributed by atoms with van der Waals surface area (Å²) in [5, 5.41) is 7.09. The molecule has 0 spiro atoms. The maximum atomic E-state index is 3.58. The molecule has 1 heterocycles. The predicted molar refractivity (Wildman–Crippen MR) is 73.4 cm³/mol. The van der Waals surface area contributed by atoms with Crippen LogP contribution < -0.4 is 10.6 Å². The summed E-state index contributed by atoms with van der Waals surface area (Å²) in [6.07, 6.45) is 0. The van der Waals surface area contributed by atoms with Crippen LogP contribution in [-0.4, -0.2) is 19.1 Å². The second-order valence-corrected chi connectivity index (χ2v) is 6.05. The van der Waals surface area contributed by atoms with E-state index in [0.29, 0.717) is 12.1 Å². The monoisotopic (exact) mass is 232 g/mol. The first-order chi connectivity index (χ1) is 7.98. The molecular weight excluding hydrogens is 208 g/mol. The quantitative estimate of drug-likeness (QED) is 0.778. The largest absolute Gasteiger partial charge is 0.311 e. The van der Waals surface area contributed by atoms with Gasteiger partial charge in [0.15, 0.2) is 0 Å². The highest BCUT2D eigenvalue weighted by Crippen LogP contribution is 2.25. The molecule has 0 saturated carbocycles. The van der Waals surface area contributed by atoms with Crippen molar-refractivity contribution in [2.24, 2.45) is 0 Å². The summed E-state index contributed by atoms with van der Waals surface area (Å²) >= 11 is 0. The first-order valence-corrected chi connectivity index (χ1v) is 6.56. The summed E-state index contributed by atoms with van der Waals surface area (Å²) < 4.78 is 0. The molecule has 2 atom stereocenters. The minimum atomic E-state index is 0.238. The third-order valence-electron chi connectivity index (χ3n) is 3.59. The van der Waals surface area contributed by atoms with Gasteiger partial charge in [-0.15, -0.1) is 0 Å². The van der Waals surface area contributed by atoms with Gasteiger partial charge in [0.05, 0.1) is 0 Å². The second kappa shape index (κ2) is 4.79. The third-order valence-corrected chi connectivity index (χ3v) is 3.59. The summed E-state index contributed by atoms with van der Waals surface area (Å²) in [7, 11) is 0. The molecular formula is C15H24N2. The summed E-state index contributed by atoms with van der Waals surface area (Å²) in [4.78, 5) is 0. The molecule has 1 aliphatic rings. The zero-order valence-electron chi connectivity index (χ0n) is 11.4. The van der Waals surface area contributed by atoms with E-state index in [0.717, 1.165) is 13.1 Å². The van der Waals surface area contributed by atoms with Gasteiger partial charge < -0.3 is 10.6 Å². The van der Waals surface area contributed by atoms with Crippen LogP contribution in [0.2, 0.25) is 0 Å². The van der Waals surface area contributed by atoms with Gasteiger partial charge in [-0.2, -0.15) is 0 Å². The van der Waals surface area contributed by atoms with E-state index < -0.39 is 0 Å². The Bertz CT molecular complexity index is 362. The van der Waals surface area contributed by atoms with Crippen LogP contribution in [0.5, 0.6) is 0 Å². The average molecular weight is 232 g/mol. The van der Waals surface area contributed by atoms with Gasteiger partial charge in [0, 0.05) is 25.2 Å². The summed E-state index contributed by atoms with van der Waals surface area (Å²) in [5.41, 5.74) is 3.03. The smallest absolute Gasteiger partial charge is 0.0473 e. The van der Waals surface area contributed by atoms with Crippen LogP contribution in [0, 0.1) is 0 Å². The minimum absolute atomic E-state index is 0.238. The fourth-order valence-corrected chi connectivity index (χ4v) is 2.42. The molecule has 17 heavy (non-hydrogen) atoms. The summed E-state index contributed by atoms with van der Waals surface area (Å²) in [6, 6.07) is 10.0. The van der Waals surface area contributed by atoms with Gasteiger partial charge >= 0.3 is 0 Å². The molecule has 0 aliphatic carbocycles. The number of nitrogens with one attached hydrogen (secondary N) is 2. The number of rotatable bonds is 1. The Labute approximate surface area is 105 Å². The van der Waals surface area contributed by atoms with Crippen molar-refractivity contribution in [3.63, 3.8) is 0 Å². The Morgan fingerprint density at radius 1 is 1.00 bits per heavy atom. The lowest BCUT2D eigenvalue weighted by Crippen LogP contribution is -2.48. The maximum absolute atomic E-state index is 3.58. The zero-order valence-corrected chi connectivity index (χ0v) is 11.4. The molecule has 0 radical (unpaired) electrons. The van der Waals surface area contributed by atoms with Crippen molar-refractivity contribution in [3.05, 3.63) is 35.4 Å². The topological polar surface area (TPSA) is 24.1 Å². The van der Waals surface area contributed by atoms with E-state index in [1.54, 1.807) is 0 Å². The van der Waals surface area contributed by atoms with E-state index in [1.807, 2.05) is 0 Å². The van der Waals surface area contributed by atoms with Crippen LogP contribution in [0.15, 0.2) is 24.3 Å². The molecule has 0 aromatic heterocycles. The minimum Gasteiger partial charge on any atom is -0.311 e. The molecule has 2 N–H and O–H groups in total. The first-order valence-electron chi connectivity index (χ1n) is 6.56. The third kappa shape index (κ3) is 2.88. The number of hydrogen-bond acceptors (Lipinski definition) is 2. The SMILES string of the molecule is CC1NCCNC1c1ccc(C(C)(C)C)cc1. The Morgan fingerprint density at radius 2 is 1.59 bits per heavy atom. The van der Waals surface area contributed by atoms with Crippen molar-refractivity contribution < 1.29 is 0 Å². The highest BCUT2D eigenvalue weighted by molar-refractivity contribution is 5.30. The maximum Gasteiger partial charge on any atom is 0.0473 e. The molecule has 1 saturated heterocycles.